The van der Waals surface area contributed by atoms with E-state index in [-0.39, 0.29) is 11.8 Å². The molecule has 2 aliphatic rings. The Bertz CT molecular complexity index is 1190. The third kappa shape index (κ3) is 5.57. The minimum Gasteiger partial charge on any atom is -0.493 e. The third-order valence-corrected chi connectivity index (χ3v) is 8.39. The monoisotopic (exact) mass is 505 g/mol. The Balaban J connectivity index is 1.35. The Morgan fingerprint density at radius 3 is 2.56 bits per heavy atom. The number of rotatable bonds is 9. The van der Waals surface area contributed by atoms with Crippen molar-refractivity contribution in [3.63, 3.8) is 0 Å². The van der Waals surface area contributed by atoms with Crippen LogP contribution in [0.4, 0.5) is 5.69 Å². The standard InChI is InChI=1S/C29H35N3O3S/c1-20-29(36-21(2)30-20)26(33)19-32-15-14-31(18-24(32)16-22-8-5-4-6-9-22)23-12-13-27(34-3)28(17-23)35-25-10-7-11-25/h4-6,8-9,12-13,17,24-25H,7,10-11,14-16,18-19H2,1-3H3/t24-/m0/s1. The molecular weight excluding hydrogens is 470 g/mol. The predicted octanol–water partition coefficient (Wildman–Crippen LogP) is 5.32. The first-order valence-electron chi connectivity index (χ1n) is 12.8. The number of hydrogen-bond acceptors (Lipinski definition) is 7. The average molecular weight is 506 g/mol. The molecule has 2 fully saturated rings. The molecule has 6 nitrogen and oxygen atoms in total. The molecule has 5 rings (SSSR count). The van der Waals surface area contributed by atoms with Crippen LogP contribution in [0.25, 0.3) is 0 Å². The van der Waals surface area contributed by atoms with Crippen molar-refractivity contribution in [1.29, 1.82) is 0 Å². The quantitative estimate of drug-likeness (QED) is 0.367. The van der Waals surface area contributed by atoms with Crippen molar-refractivity contribution in [2.24, 2.45) is 0 Å². The molecule has 0 unspecified atom stereocenters. The smallest absolute Gasteiger partial charge is 0.188 e. The van der Waals surface area contributed by atoms with E-state index in [1.54, 1.807) is 7.11 Å². The maximum atomic E-state index is 13.2. The van der Waals surface area contributed by atoms with Gasteiger partial charge in [0.25, 0.3) is 0 Å². The fourth-order valence-corrected chi connectivity index (χ4v) is 5.93. The topological polar surface area (TPSA) is 54.9 Å². The molecule has 3 aromatic rings. The number of hydrogen-bond donors (Lipinski definition) is 0. The van der Waals surface area contributed by atoms with Crippen LogP contribution in [-0.2, 0) is 6.42 Å². The first-order valence-corrected chi connectivity index (χ1v) is 13.7. The van der Waals surface area contributed by atoms with Gasteiger partial charge in [-0.3, -0.25) is 9.69 Å². The lowest BCUT2D eigenvalue weighted by Gasteiger charge is -2.42. The van der Waals surface area contributed by atoms with Gasteiger partial charge in [0.1, 0.15) is 0 Å². The van der Waals surface area contributed by atoms with Crippen LogP contribution in [0.2, 0.25) is 0 Å². The molecule has 36 heavy (non-hydrogen) atoms. The molecule has 1 aliphatic heterocycles. The van der Waals surface area contributed by atoms with Gasteiger partial charge in [0, 0.05) is 37.4 Å². The van der Waals surface area contributed by atoms with Crippen LogP contribution in [0, 0.1) is 13.8 Å². The number of ether oxygens (including phenoxy) is 2. The van der Waals surface area contributed by atoms with E-state index in [4.69, 9.17) is 9.47 Å². The number of nitrogens with zero attached hydrogens (tertiary/aromatic N) is 3. The third-order valence-electron chi connectivity index (χ3n) is 7.28. The lowest BCUT2D eigenvalue weighted by molar-refractivity contribution is 0.0878. The Morgan fingerprint density at radius 1 is 1.08 bits per heavy atom. The highest BCUT2D eigenvalue weighted by atomic mass is 32.1. The van der Waals surface area contributed by atoms with Crippen LogP contribution in [0.5, 0.6) is 11.5 Å². The number of benzene rings is 2. The minimum atomic E-state index is 0.172. The van der Waals surface area contributed by atoms with Gasteiger partial charge in [-0.15, -0.1) is 11.3 Å². The van der Waals surface area contributed by atoms with Gasteiger partial charge in [0.15, 0.2) is 17.3 Å². The van der Waals surface area contributed by atoms with Crippen LogP contribution in [-0.4, -0.2) is 61.1 Å². The number of carbonyl (C=O) groups is 1. The molecule has 0 bridgehead atoms. The number of piperazine rings is 1. The van der Waals surface area contributed by atoms with E-state index in [0.717, 1.165) is 71.7 Å². The number of ketones is 1. The fraction of sp³-hybridized carbons (Fsp3) is 0.448. The first kappa shape index (κ1) is 24.8. The zero-order valence-corrected chi connectivity index (χ0v) is 22.2. The maximum absolute atomic E-state index is 13.2. The molecule has 2 heterocycles. The molecule has 1 aromatic heterocycles. The van der Waals surface area contributed by atoms with E-state index in [1.165, 1.54) is 23.3 Å². The highest BCUT2D eigenvalue weighted by Gasteiger charge is 2.30. The molecule has 1 saturated heterocycles. The van der Waals surface area contributed by atoms with E-state index in [1.807, 2.05) is 26.0 Å². The van der Waals surface area contributed by atoms with E-state index < -0.39 is 0 Å². The Labute approximate surface area is 217 Å². The molecule has 0 amide bonds. The van der Waals surface area contributed by atoms with Crippen LogP contribution in [0.15, 0.2) is 48.5 Å². The van der Waals surface area contributed by atoms with Gasteiger partial charge in [0.05, 0.1) is 35.3 Å². The zero-order chi connectivity index (χ0) is 25.1. The summed E-state index contributed by atoms with van der Waals surface area (Å²) in [6.45, 7) is 6.84. The summed E-state index contributed by atoms with van der Waals surface area (Å²) in [7, 11) is 1.70. The van der Waals surface area contributed by atoms with Gasteiger partial charge in [-0.05, 0) is 57.2 Å². The molecule has 190 valence electrons. The van der Waals surface area contributed by atoms with Gasteiger partial charge >= 0.3 is 0 Å². The molecular formula is C29H35N3O3S. The zero-order valence-electron chi connectivity index (χ0n) is 21.4. The highest BCUT2D eigenvalue weighted by molar-refractivity contribution is 7.13. The lowest BCUT2D eigenvalue weighted by Crippen LogP contribution is -2.55. The second-order valence-electron chi connectivity index (χ2n) is 9.84. The van der Waals surface area contributed by atoms with Gasteiger partial charge in [-0.1, -0.05) is 30.3 Å². The molecule has 0 spiro atoms. The molecule has 2 aromatic carbocycles. The van der Waals surface area contributed by atoms with Crippen LogP contribution in [0.3, 0.4) is 0 Å². The Morgan fingerprint density at radius 2 is 1.89 bits per heavy atom. The van der Waals surface area contributed by atoms with E-state index in [2.05, 4.69) is 51.2 Å². The Hall–Kier alpha value is -2.90. The van der Waals surface area contributed by atoms with E-state index in [0.29, 0.717) is 12.6 Å². The molecule has 1 aliphatic carbocycles. The largest absolute Gasteiger partial charge is 0.493 e. The summed E-state index contributed by atoms with van der Waals surface area (Å²) in [5.41, 5.74) is 3.27. The summed E-state index contributed by atoms with van der Waals surface area (Å²) in [6.07, 6.45) is 4.64. The van der Waals surface area contributed by atoms with Crippen molar-refractivity contribution >= 4 is 22.8 Å². The summed E-state index contributed by atoms with van der Waals surface area (Å²) in [5, 5.41) is 0.945. The van der Waals surface area contributed by atoms with Crippen molar-refractivity contribution in [3.05, 3.63) is 69.7 Å². The van der Waals surface area contributed by atoms with Gasteiger partial charge < -0.3 is 14.4 Å². The normalized spacial score (nSPS) is 18.6. The second-order valence-corrected chi connectivity index (χ2v) is 11.0. The number of aromatic nitrogens is 1. The first-order chi connectivity index (χ1) is 17.5. The number of aryl methyl sites for hydroxylation is 2. The summed E-state index contributed by atoms with van der Waals surface area (Å²) >= 11 is 1.51. The number of anilines is 1. The highest BCUT2D eigenvalue weighted by Crippen LogP contribution is 2.36. The SMILES string of the molecule is COc1ccc(N2CCN(CC(=O)c3sc(C)nc3C)[C@@H](Cc3ccccc3)C2)cc1OC1CCC1. The second kappa shape index (κ2) is 11.0. The average Bonchev–Trinajstić information content (AvgIpc) is 3.20. The van der Waals surface area contributed by atoms with Gasteiger partial charge in [-0.2, -0.15) is 0 Å². The Kier molecular flexibility index (Phi) is 7.58. The van der Waals surface area contributed by atoms with Crippen LogP contribution in [0.1, 0.15) is 45.2 Å². The van der Waals surface area contributed by atoms with Crippen molar-refractivity contribution < 1.29 is 14.3 Å². The number of methoxy groups -OCH3 is 1. The lowest BCUT2D eigenvalue weighted by atomic mass is 9.96. The summed E-state index contributed by atoms with van der Waals surface area (Å²) in [4.78, 5) is 23.3. The summed E-state index contributed by atoms with van der Waals surface area (Å²) in [5.74, 6) is 1.78. The maximum Gasteiger partial charge on any atom is 0.188 e. The molecule has 1 saturated carbocycles. The van der Waals surface area contributed by atoms with Crippen LogP contribution >= 0.6 is 11.3 Å². The van der Waals surface area contributed by atoms with Crippen molar-refractivity contribution in [2.45, 2.75) is 51.7 Å². The number of thiazole rings is 1. The number of carbonyl (C=O) groups excluding carboxylic acids is 1. The molecule has 1 atom stereocenters. The molecule has 0 N–H and O–H groups in total. The summed E-state index contributed by atoms with van der Waals surface area (Å²) in [6, 6.07) is 17.1. The van der Waals surface area contributed by atoms with Crippen LogP contribution < -0.4 is 14.4 Å². The van der Waals surface area contributed by atoms with E-state index >= 15 is 0 Å². The molecule has 0 radical (unpaired) electrons. The minimum absolute atomic E-state index is 0.172. The summed E-state index contributed by atoms with van der Waals surface area (Å²) < 4.78 is 11.8. The van der Waals surface area contributed by atoms with Crippen molar-refractivity contribution in [3.8, 4) is 11.5 Å². The van der Waals surface area contributed by atoms with Crippen molar-refractivity contribution in [2.75, 3.05) is 38.2 Å². The van der Waals surface area contributed by atoms with Gasteiger partial charge in [-0.25, -0.2) is 4.98 Å². The van der Waals surface area contributed by atoms with Gasteiger partial charge in [0.2, 0.25) is 0 Å². The predicted molar refractivity (Wildman–Crippen MR) is 145 cm³/mol. The number of Topliss-reactive ketones (excluding diaryl/α,β-unsaturated/α-hetero) is 1. The van der Waals surface area contributed by atoms with Crippen molar-refractivity contribution in [1.82, 2.24) is 9.88 Å². The fourth-order valence-electron chi connectivity index (χ4n) is 5.08. The van der Waals surface area contributed by atoms with E-state index in [9.17, 15) is 4.79 Å². The molecule has 7 heteroatoms.